The van der Waals surface area contributed by atoms with Gasteiger partial charge in [0.05, 0.1) is 53.1 Å². The molecule has 1 amide bonds. The van der Waals surface area contributed by atoms with Gasteiger partial charge in [0.25, 0.3) is 14.1 Å². The number of nitrogens with zero attached hydrogens (tertiary/aromatic N) is 4. The minimum atomic E-state index is -1.94. The lowest BCUT2D eigenvalue weighted by Gasteiger charge is -2.42. The number of carbonyl (C=O) groups excluding carboxylic acids is 1. The monoisotopic (exact) mass is 873 g/mol. The van der Waals surface area contributed by atoms with Crippen LogP contribution in [0, 0.1) is 18.3 Å². The van der Waals surface area contributed by atoms with E-state index in [4.69, 9.17) is 37.5 Å². The van der Waals surface area contributed by atoms with Crippen molar-refractivity contribution in [3.05, 3.63) is 128 Å². The first-order chi connectivity index (χ1) is 29.8. The average molecular weight is 874 g/mol. The summed E-state index contributed by atoms with van der Waals surface area (Å²) in [5.41, 5.74) is -1.57. The van der Waals surface area contributed by atoms with E-state index < -0.39 is 55.4 Å². The van der Waals surface area contributed by atoms with Crippen LogP contribution < -0.4 is 20.7 Å². The van der Waals surface area contributed by atoms with E-state index >= 15 is 0 Å². The quantitative estimate of drug-likeness (QED) is 0.0599. The number of carbonyl (C=O) groups is 1. The largest absolute Gasteiger partial charge is 0.497 e. The van der Waals surface area contributed by atoms with E-state index in [9.17, 15) is 19.6 Å². The Morgan fingerprint density at radius 2 is 1.52 bits per heavy atom. The van der Waals surface area contributed by atoms with Crippen molar-refractivity contribution < 1.29 is 42.3 Å². The van der Waals surface area contributed by atoms with Gasteiger partial charge in [0.15, 0.2) is 6.23 Å². The molecule has 3 aromatic carbocycles. The molecule has 5 atom stereocenters. The molecule has 2 fully saturated rings. The van der Waals surface area contributed by atoms with Crippen molar-refractivity contribution >= 4 is 14.6 Å². The third-order valence-corrected chi connectivity index (χ3v) is 13.1. The Balaban J connectivity index is 1.57. The number of aromatic nitrogens is 2. The number of benzene rings is 3. The van der Waals surface area contributed by atoms with E-state index in [1.54, 1.807) is 21.1 Å². The second kappa shape index (κ2) is 20.4. The second-order valence-electron chi connectivity index (χ2n) is 15.6. The first-order valence-electron chi connectivity index (χ1n) is 20.5. The molecule has 17 heteroatoms. The number of aryl methyl sites for hydroxylation is 1. The highest BCUT2D eigenvalue weighted by Gasteiger charge is 2.68. The Morgan fingerprint density at radius 1 is 0.919 bits per heavy atom. The van der Waals surface area contributed by atoms with Crippen LogP contribution in [0.5, 0.6) is 11.5 Å². The lowest BCUT2D eigenvalue weighted by atomic mass is 9.79. The minimum Gasteiger partial charge on any atom is -0.497 e. The van der Waals surface area contributed by atoms with E-state index in [1.165, 1.54) is 22.8 Å². The fourth-order valence-electron chi connectivity index (χ4n) is 8.17. The second-order valence-corrected chi connectivity index (χ2v) is 17.0. The Morgan fingerprint density at radius 3 is 2.06 bits per heavy atom. The normalized spacial score (nSPS) is 20.2. The molecule has 1 N–H and O–H groups in total. The summed E-state index contributed by atoms with van der Waals surface area (Å²) in [5, 5.41) is 9.50. The molecule has 2 aliphatic rings. The van der Waals surface area contributed by atoms with Crippen LogP contribution in [0.1, 0.15) is 62.6 Å². The zero-order chi connectivity index (χ0) is 44.6. The first-order valence-corrected chi connectivity index (χ1v) is 21.6. The van der Waals surface area contributed by atoms with Gasteiger partial charge < -0.3 is 37.5 Å². The number of rotatable bonds is 20. The number of H-pyrrole nitrogens is 1. The number of ether oxygens (including phenoxy) is 6. The van der Waals surface area contributed by atoms with Crippen LogP contribution in [0.3, 0.4) is 0 Å². The molecule has 3 heterocycles. The van der Waals surface area contributed by atoms with Gasteiger partial charge in [-0.2, -0.15) is 5.26 Å². The predicted molar refractivity (Wildman–Crippen MR) is 231 cm³/mol. The lowest BCUT2D eigenvalue weighted by molar-refractivity contribution is -0.174. The summed E-state index contributed by atoms with van der Waals surface area (Å²) in [6, 6.07) is 25.9. The fourth-order valence-corrected chi connectivity index (χ4v) is 9.99. The number of fused-ring (bicyclic) bond motifs is 2. The molecular weight excluding hydrogens is 817 g/mol. The van der Waals surface area contributed by atoms with Crippen molar-refractivity contribution in [2.45, 2.75) is 82.7 Å². The van der Waals surface area contributed by atoms with Crippen LogP contribution in [0.25, 0.3) is 0 Å². The number of hydrogen-bond acceptors (Lipinski definition) is 13. The topological polar surface area (TPSA) is 176 Å². The van der Waals surface area contributed by atoms with Gasteiger partial charge in [-0.3, -0.25) is 19.2 Å². The molecule has 2 bridgehead atoms. The van der Waals surface area contributed by atoms with Crippen LogP contribution in [-0.2, 0) is 33.6 Å². The summed E-state index contributed by atoms with van der Waals surface area (Å²) in [6.45, 7) is 9.57. The highest BCUT2D eigenvalue weighted by Crippen LogP contribution is 2.57. The SMILES string of the molecule is COCCOC(=O)N1C[C@]2(COC(c3ccccc3)(c3ccc(OC)cc3)c3ccc(OC)cc3)O[C@@H](n3cc(C)c(=O)[nH]c3=O)[C@H]1[C@@H]2OP(OCCC#N)N(C(C)C)C(C)C. The summed E-state index contributed by atoms with van der Waals surface area (Å²) in [7, 11) is 2.77. The number of methoxy groups -OCH3 is 3. The third-order valence-electron chi connectivity index (χ3n) is 11.0. The van der Waals surface area contributed by atoms with E-state index in [0.29, 0.717) is 11.5 Å². The summed E-state index contributed by atoms with van der Waals surface area (Å²) in [5.74, 6) is 1.29. The van der Waals surface area contributed by atoms with Crippen LogP contribution >= 0.6 is 8.53 Å². The summed E-state index contributed by atoms with van der Waals surface area (Å²) in [4.78, 5) is 44.6. The fraction of sp³-hybridized carbons (Fsp3) is 0.467. The predicted octanol–water partition coefficient (Wildman–Crippen LogP) is 6.27. The van der Waals surface area contributed by atoms with E-state index in [0.717, 1.165) is 16.7 Å². The van der Waals surface area contributed by atoms with Crippen LogP contribution in [-0.4, -0.2) is 109 Å². The molecule has 1 unspecified atom stereocenters. The first kappa shape index (κ1) is 46.4. The van der Waals surface area contributed by atoms with E-state index in [2.05, 4.69) is 15.7 Å². The van der Waals surface area contributed by atoms with Crippen LogP contribution in [0.4, 0.5) is 4.79 Å². The zero-order valence-electron chi connectivity index (χ0n) is 36.4. The van der Waals surface area contributed by atoms with Crippen molar-refractivity contribution in [2.24, 2.45) is 0 Å². The molecule has 16 nitrogen and oxygen atoms in total. The smallest absolute Gasteiger partial charge is 0.410 e. The Hall–Kier alpha value is -5.11. The number of morpholine rings is 1. The number of nitriles is 1. The Kier molecular flexibility index (Phi) is 15.3. The van der Waals surface area contributed by atoms with Gasteiger partial charge in [-0.15, -0.1) is 0 Å². The number of aromatic amines is 1. The van der Waals surface area contributed by atoms with E-state index in [-0.39, 0.29) is 57.0 Å². The minimum absolute atomic E-state index is 0.0403. The number of nitrogens with one attached hydrogen (secondary N) is 1. The average Bonchev–Trinajstić information content (AvgIpc) is 3.74. The van der Waals surface area contributed by atoms with Crippen molar-refractivity contribution in [3.63, 3.8) is 0 Å². The zero-order valence-corrected chi connectivity index (χ0v) is 37.3. The molecule has 0 radical (unpaired) electrons. The van der Waals surface area contributed by atoms with Crippen molar-refractivity contribution in [3.8, 4) is 17.6 Å². The lowest BCUT2D eigenvalue weighted by Crippen LogP contribution is -2.53. The van der Waals surface area contributed by atoms with Crippen molar-refractivity contribution in [1.29, 1.82) is 5.26 Å². The summed E-state index contributed by atoms with van der Waals surface area (Å²) >= 11 is 0. The van der Waals surface area contributed by atoms with Gasteiger partial charge in [0, 0.05) is 31.0 Å². The number of hydrogen-bond donors (Lipinski definition) is 1. The molecule has 0 aliphatic carbocycles. The molecule has 0 spiro atoms. The molecule has 2 aliphatic heterocycles. The van der Waals surface area contributed by atoms with Gasteiger partial charge in [-0.05, 0) is 75.6 Å². The van der Waals surface area contributed by atoms with Gasteiger partial charge in [0.1, 0.15) is 41.5 Å². The van der Waals surface area contributed by atoms with Crippen molar-refractivity contribution in [1.82, 2.24) is 19.1 Å². The molecule has 4 aromatic rings. The Labute approximate surface area is 363 Å². The maximum Gasteiger partial charge on any atom is 0.410 e. The molecule has 0 saturated carbocycles. The van der Waals surface area contributed by atoms with Crippen molar-refractivity contribution in [2.75, 3.05) is 54.3 Å². The summed E-state index contributed by atoms with van der Waals surface area (Å²) < 4.78 is 53.6. The van der Waals surface area contributed by atoms with Gasteiger partial charge in [-0.25, -0.2) is 14.3 Å². The van der Waals surface area contributed by atoms with Crippen LogP contribution in [0.15, 0.2) is 94.6 Å². The van der Waals surface area contributed by atoms with Gasteiger partial charge in [0.2, 0.25) is 0 Å². The Bertz CT molecular complexity index is 2210. The standard InChI is InChI=1S/C45H56N5O11P/c1-30(2)50(31(3)4)62(59-24-12-23-46)61-39-38-41(48-27-32(5)40(51)47-42(48)52)60-44(39,28-49(38)43(53)57-26-25-54-6)29-58-45(33-13-10-9-11-14-33,34-15-19-36(55-7)20-16-34)35-17-21-37(56-8)22-18-35/h9-11,13-22,27,30-31,38-39,41H,12,24-26,28-29H2,1-8H3,(H,47,51,52)/t38-,39+,41-,44-,62?/m1/s1. The third kappa shape index (κ3) is 9.45. The van der Waals surface area contributed by atoms with E-state index in [1.807, 2.05) is 107 Å². The highest BCUT2D eigenvalue weighted by atomic mass is 31.2. The highest BCUT2D eigenvalue weighted by molar-refractivity contribution is 7.44. The van der Waals surface area contributed by atoms with Gasteiger partial charge >= 0.3 is 11.8 Å². The number of amides is 1. The van der Waals surface area contributed by atoms with Gasteiger partial charge in [-0.1, -0.05) is 54.6 Å². The summed E-state index contributed by atoms with van der Waals surface area (Å²) in [6.07, 6.45) is -1.37. The molecule has 6 rings (SSSR count). The molecule has 62 heavy (non-hydrogen) atoms. The van der Waals surface area contributed by atoms with Crippen LogP contribution in [0.2, 0.25) is 0 Å². The molecule has 2 saturated heterocycles. The number of likely N-dealkylation sites (tertiary alicyclic amines) is 1. The molecule has 1 aromatic heterocycles. The maximum atomic E-state index is 14.3. The maximum absolute atomic E-state index is 14.3. The molecule has 332 valence electrons. The molecular formula is C45H56N5O11P.